The van der Waals surface area contributed by atoms with E-state index in [1.807, 2.05) is 29.2 Å². The van der Waals surface area contributed by atoms with Crippen LogP contribution in [-0.2, 0) is 17.8 Å². The number of piperidine rings is 1. The van der Waals surface area contributed by atoms with Crippen LogP contribution in [0.2, 0.25) is 0 Å². The minimum Gasteiger partial charge on any atom is -0.497 e. The number of rotatable bonds is 7. The van der Waals surface area contributed by atoms with E-state index >= 15 is 0 Å². The molecule has 1 fully saturated rings. The summed E-state index contributed by atoms with van der Waals surface area (Å²) in [5.41, 5.74) is 1.86. The van der Waals surface area contributed by atoms with Crippen LogP contribution in [-0.4, -0.2) is 61.4 Å². The first-order valence-electron chi connectivity index (χ1n) is 10.7. The van der Waals surface area contributed by atoms with Crippen LogP contribution in [0.1, 0.15) is 41.6 Å². The van der Waals surface area contributed by atoms with E-state index < -0.39 is 0 Å². The number of methoxy groups -OCH3 is 1. The first-order chi connectivity index (χ1) is 15.5. The second-order valence-electron chi connectivity index (χ2n) is 7.95. The maximum Gasteiger partial charge on any atom is 0.246 e. The zero-order chi connectivity index (χ0) is 22.5. The highest BCUT2D eigenvalue weighted by atomic mass is 16.5. The van der Waals surface area contributed by atoms with Crippen LogP contribution in [0.15, 0.2) is 28.7 Å². The Balaban J connectivity index is 1.38. The molecule has 168 valence electrons. The molecule has 2 aromatic heterocycles. The van der Waals surface area contributed by atoms with E-state index in [-0.39, 0.29) is 5.91 Å². The minimum atomic E-state index is 0.00794. The standard InChI is InChI=1S/C22H27N7O3/c1-15-23-27-29(26-15)14-19-13-20(31-3)6-4-18(19)5-7-22(30)28-10-8-17(9-11-28)12-21-25-24-16(2)32-21/h4-7,13,17H,8-12,14H2,1-3H3/b7-5+. The van der Waals surface area contributed by atoms with Gasteiger partial charge in [-0.1, -0.05) is 6.07 Å². The minimum absolute atomic E-state index is 0.00794. The Morgan fingerprint density at radius 1 is 1.22 bits per heavy atom. The SMILES string of the molecule is COc1ccc(/C=C/C(=O)N2CCC(Cc3nnc(C)o3)CC2)c(Cn2nnc(C)n2)c1. The largest absolute Gasteiger partial charge is 0.497 e. The van der Waals surface area contributed by atoms with Crippen molar-refractivity contribution >= 4 is 12.0 Å². The first kappa shape index (κ1) is 21.7. The smallest absolute Gasteiger partial charge is 0.246 e. The molecule has 0 unspecified atom stereocenters. The van der Waals surface area contributed by atoms with Crippen molar-refractivity contribution in [2.24, 2.45) is 5.92 Å². The van der Waals surface area contributed by atoms with Crippen LogP contribution in [0.3, 0.4) is 0 Å². The van der Waals surface area contributed by atoms with E-state index in [4.69, 9.17) is 9.15 Å². The fourth-order valence-electron chi connectivity index (χ4n) is 3.84. The van der Waals surface area contributed by atoms with Crippen LogP contribution < -0.4 is 4.74 Å². The molecule has 0 saturated carbocycles. The van der Waals surface area contributed by atoms with Gasteiger partial charge in [0.05, 0.1) is 13.7 Å². The van der Waals surface area contributed by atoms with Crippen molar-refractivity contribution in [1.82, 2.24) is 35.3 Å². The Kier molecular flexibility index (Phi) is 6.58. The van der Waals surface area contributed by atoms with Gasteiger partial charge >= 0.3 is 0 Å². The highest BCUT2D eigenvalue weighted by molar-refractivity contribution is 5.92. The summed E-state index contributed by atoms with van der Waals surface area (Å²) in [6, 6.07) is 5.73. The fourth-order valence-corrected chi connectivity index (χ4v) is 3.84. The molecular formula is C22H27N7O3. The summed E-state index contributed by atoms with van der Waals surface area (Å²) in [5.74, 6) is 3.07. The first-order valence-corrected chi connectivity index (χ1v) is 10.7. The highest BCUT2D eigenvalue weighted by Gasteiger charge is 2.23. The molecule has 1 saturated heterocycles. The number of hydrogen-bond acceptors (Lipinski definition) is 8. The van der Waals surface area contributed by atoms with E-state index in [0.717, 1.165) is 49.2 Å². The summed E-state index contributed by atoms with van der Waals surface area (Å²) < 4.78 is 10.8. The number of aryl methyl sites for hydroxylation is 2. The molecular weight excluding hydrogens is 410 g/mol. The maximum absolute atomic E-state index is 12.8. The maximum atomic E-state index is 12.8. The molecule has 4 rings (SSSR count). The van der Waals surface area contributed by atoms with Gasteiger partial charge in [-0.15, -0.1) is 20.4 Å². The monoisotopic (exact) mass is 437 g/mol. The van der Waals surface area contributed by atoms with E-state index in [2.05, 4.69) is 25.6 Å². The highest BCUT2D eigenvalue weighted by Crippen LogP contribution is 2.23. The summed E-state index contributed by atoms with van der Waals surface area (Å²) in [5, 5.41) is 20.2. The van der Waals surface area contributed by atoms with Crippen molar-refractivity contribution in [3.8, 4) is 5.75 Å². The summed E-state index contributed by atoms with van der Waals surface area (Å²) in [6.45, 7) is 5.46. The molecule has 10 heteroatoms. The fraction of sp³-hybridized carbons (Fsp3) is 0.455. The van der Waals surface area contributed by atoms with E-state index in [1.165, 1.54) is 4.80 Å². The van der Waals surface area contributed by atoms with Crippen LogP contribution in [0.4, 0.5) is 0 Å². The quantitative estimate of drug-likeness (QED) is 0.517. The lowest BCUT2D eigenvalue weighted by Crippen LogP contribution is -2.38. The van der Waals surface area contributed by atoms with E-state index in [9.17, 15) is 4.79 Å². The molecule has 1 aliphatic heterocycles. The molecule has 10 nitrogen and oxygen atoms in total. The van der Waals surface area contributed by atoms with Gasteiger partial charge in [-0.05, 0) is 60.2 Å². The molecule has 0 radical (unpaired) electrons. The molecule has 1 aromatic carbocycles. The van der Waals surface area contributed by atoms with E-state index in [1.54, 1.807) is 27.0 Å². The third kappa shape index (κ3) is 5.37. The number of hydrogen-bond donors (Lipinski definition) is 0. The number of aromatic nitrogens is 6. The third-order valence-electron chi connectivity index (χ3n) is 5.58. The Morgan fingerprint density at radius 3 is 2.69 bits per heavy atom. The van der Waals surface area contributed by atoms with Crippen molar-refractivity contribution in [2.45, 2.75) is 39.7 Å². The van der Waals surface area contributed by atoms with Gasteiger partial charge < -0.3 is 14.1 Å². The molecule has 1 amide bonds. The molecule has 3 aromatic rings. The number of amides is 1. The second-order valence-corrected chi connectivity index (χ2v) is 7.95. The molecule has 3 heterocycles. The lowest BCUT2D eigenvalue weighted by atomic mass is 9.93. The summed E-state index contributed by atoms with van der Waals surface area (Å²) in [6.07, 6.45) is 6.09. The topological polar surface area (TPSA) is 112 Å². The average Bonchev–Trinajstić information content (AvgIpc) is 3.40. The molecule has 1 aliphatic rings. The van der Waals surface area contributed by atoms with Gasteiger partial charge in [-0.3, -0.25) is 4.79 Å². The van der Waals surface area contributed by atoms with Gasteiger partial charge in [0.2, 0.25) is 17.7 Å². The van der Waals surface area contributed by atoms with Crippen LogP contribution >= 0.6 is 0 Å². The van der Waals surface area contributed by atoms with Crippen molar-refractivity contribution in [1.29, 1.82) is 0 Å². The molecule has 0 N–H and O–H groups in total. The van der Waals surface area contributed by atoms with Gasteiger partial charge in [0.1, 0.15) is 5.75 Å². The molecule has 32 heavy (non-hydrogen) atoms. The van der Waals surface area contributed by atoms with Crippen molar-refractivity contribution in [3.05, 3.63) is 53.0 Å². The Morgan fingerprint density at radius 2 is 2.03 bits per heavy atom. The van der Waals surface area contributed by atoms with Gasteiger partial charge in [0.25, 0.3) is 0 Å². The Labute approximate surface area is 186 Å². The normalized spacial score (nSPS) is 14.9. The van der Waals surface area contributed by atoms with Crippen molar-refractivity contribution in [2.75, 3.05) is 20.2 Å². The molecule has 0 atom stereocenters. The number of carbonyl (C=O) groups excluding carboxylic acids is 1. The lowest BCUT2D eigenvalue weighted by Gasteiger charge is -2.30. The number of ether oxygens (including phenoxy) is 1. The Hall–Kier alpha value is -3.56. The molecule has 0 spiro atoms. The van der Waals surface area contributed by atoms with Crippen LogP contribution in [0, 0.1) is 19.8 Å². The predicted molar refractivity (Wildman–Crippen MR) is 116 cm³/mol. The average molecular weight is 438 g/mol. The molecule has 0 bridgehead atoms. The summed E-state index contributed by atoms with van der Waals surface area (Å²) >= 11 is 0. The number of tetrazole rings is 1. The number of carbonyl (C=O) groups is 1. The summed E-state index contributed by atoms with van der Waals surface area (Å²) in [4.78, 5) is 16.2. The second kappa shape index (κ2) is 9.71. The van der Waals surface area contributed by atoms with Gasteiger partial charge in [-0.25, -0.2) is 0 Å². The van der Waals surface area contributed by atoms with Gasteiger partial charge in [-0.2, -0.15) is 4.80 Å². The van der Waals surface area contributed by atoms with Gasteiger partial charge in [0, 0.05) is 32.5 Å². The van der Waals surface area contributed by atoms with Crippen molar-refractivity contribution < 1.29 is 13.9 Å². The predicted octanol–water partition coefficient (Wildman–Crippen LogP) is 2.22. The van der Waals surface area contributed by atoms with Gasteiger partial charge in [0.15, 0.2) is 5.82 Å². The Bertz CT molecular complexity index is 1100. The number of nitrogens with zero attached hydrogens (tertiary/aromatic N) is 7. The van der Waals surface area contributed by atoms with E-state index in [0.29, 0.717) is 30.1 Å². The lowest BCUT2D eigenvalue weighted by molar-refractivity contribution is -0.127. The van der Waals surface area contributed by atoms with Crippen LogP contribution in [0.5, 0.6) is 5.75 Å². The van der Waals surface area contributed by atoms with Crippen LogP contribution in [0.25, 0.3) is 6.08 Å². The van der Waals surface area contributed by atoms with Crippen molar-refractivity contribution in [3.63, 3.8) is 0 Å². The zero-order valence-corrected chi connectivity index (χ0v) is 18.6. The third-order valence-corrected chi connectivity index (χ3v) is 5.58. The molecule has 0 aliphatic carbocycles. The zero-order valence-electron chi connectivity index (χ0n) is 18.6. The number of benzene rings is 1. The summed E-state index contributed by atoms with van der Waals surface area (Å²) in [7, 11) is 1.62. The number of likely N-dealkylation sites (tertiary alicyclic amines) is 1.